The number of fused-ring (bicyclic) bond motifs is 1. The number of nitro groups is 1. The highest BCUT2D eigenvalue weighted by Gasteiger charge is 2.35. The first-order valence-electron chi connectivity index (χ1n) is 10.4. The number of hydrogen-bond acceptors (Lipinski definition) is 8. The molecule has 0 saturated carbocycles. The van der Waals surface area contributed by atoms with Crippen LogP contribution in [0.25, 0.3) is 17.4 Å². The lowest BCUT2D eigenvalue weighted by molar-refractivity contribution is -0.384. The van der Waals surface area contributed by atoms with Crippen molar-refractivity contribution in [3.05, 3.63) is 51.8 Å². The quantitative estimate of drug-likeness (QED) is 0.325. The Kier molecular flexibility index (Phi) is 6.40. The lowest BCUT2D eigenvalue weighted by Crippen LogP contribution is -2.35. The third-order valence-corrected chi connectivity index (χ3v) is 5.86. The maximum absolute atomic E-state index is 12.6. The van der Waals surface area contributed by atoms with Gasteiger partial charge in [-0.1, -0.05) is 13.3 Å². The van der Waals surface area contributed by atoms with Gasteiger partial charge >= 0.3 is 0 Å². The topological polar surface area (TPSA) is 134 Å². The molecule has 0 spiro atoms. The van der Waals surface area contributed by atoms with Crippen molar-refractivity contribution in [1.82, 2.24) is 5.01 Å². The molecular weight excluding hydrogens is 446 g/mol. The van der Waals surface area contributed by atoms with Gasteiger partial charge in [0.2, 0.25) is 5.17 Å². The van der Waals surface area contributed by atoms with Crippen LogP contribution in [0.15, 0.2) is 50.4 Å². The molecule has 1 amide bonds. The van der Waals surface area contributed by atoms with Gasteiger partial charge in [-0.15, -0.1) is 0 Å². The van der Waals surface area contributed by atoms with Crippen molar-refractivity contribution in [3.63, 3.8) is 0 Å². The molecule has 33 heavy (non-hydrogen) atoms. The van der Waals surface area contributed by atoms with Crippen molar-refractivity contribution in [2.24, 2.45) is 10.1 Å². The van der Waals surface area contributed by atoms with Gasteiger partial charge in [-0.25, -0.2) is 0 Å². The molecule has 0 saturated heterocycles. The highest BCUT2D eigenvalue weighted by molar-refractivity contribution is 8.26. The third kappa shape index (κ3) is 4.58. The van der Waals surface area contributed by atoms with Crippen molar-refractivity contribution in [3.8, 4) is 17.1 Å². The molecule has 0 atom stereocenters. The lowest BCUT2D eigenvalue weighted by atomic mass is 10.1. The molecule has 0 unspecified atom stereocenters. The van der Waals surface area contributed by atoms with E-state index in [1.165, 1.54) is 28.9 Å². The Morgan fingerprint density at radius 1 is 1.30 bits per heavy atom. The number of nitrogens with zero attached hydrogens (tertiary/aromatic N) is 4. The second-order valence-corrected chi connectivity index (χ2v) is 8.23. The number of furan rings is 1. The van der Waals surface area contributed by atoms with E-state index in [0.29, 0.717) is 17.5 Å². The second kappa shape index (κ2) is 9.41. The van der Waals surface area contributed by atoms with E-state index in [2.05, 4.69) is 17.0 Å². The molecule has 0 radical (unpaired) electrons. The van der Waals surface area contributed by atoms with E-state index in [1.54, 1.807) is 31.2 Å². The van der Waals surface area contributed by atoms with Crippen LogP contribution in [0.3, 0.4) is 0 Å². The number of unbranched alkanes of at least 4 members (excludes halogenated alkanes) is 1. The Balaban J connectivity index is 1.62. The normalized spacial score (nSPS) is 16.7. The first-order valence-corrected chi connectivity index (χ1v) is 11.2. The number of hydrogen-bond donors (Lipinski definition) is 1. The summed E-state index contributed by atoms with van der Waals surface area (Å²) in [5.41, 5.74) is 0.148. The number of hydrazone groups is 1. The van der Waals surface area contributed by atoms with Gasteiger partial charge in [0, 0.05) is 0 Å². The fourth-order valence-electron chi connectivity index (χ4n) is 3.31. The van der Waals surface area contributed by atoms with Crippen molar-refractivity contribution < 1.29 is 18.9 Å². The number of rotatable bonds is 8. The summed E-state index contributed by atoms with van der Waals surface area (Å²) in [5, 5.41) is 26.9. The van der Waals surface area contributed by atoms with Crippen molar-refractivity contribution in [2.75, 3.05) is 6.61 Å². The highest BCUT2D eigenvalue weighted by Crippen LogP contribution is 2.35. The van der Waals surface area contributed by atoms with Gasteiger partial charge in [0.1, 0.15) is 22.3 Å². The molecule has 1 aromatic carbocycles. The van der Waals surface area contributed by atoms with Crippen LogP contribution in [0.5, 0.6) is 5.75 Å². The molecule has 2 aromatic rings. The van der Waals surface area contributed by atoms with Crippen LogP contribution in [0.1, 0.15) is 38.9 Å². The van der Waals surface area contributed by atoms with Gasteiger partial charge in [0.15, 0.2) is 5.84 Å². The zero-order valence-corrected chi connectivity index (χ0v) is 18.8. The molecule has 1 aromatic heterocycles. The number of carbonyl (C=O) groups excluding carboxylic acids is 1. The summed E-state index contributed by atoms with van der Waals surface area (Å²) in [4.78, 5) is 27.7. The minimum absolute atomic E-state index is 0.0296. The first kappa shape index (κ1) is 22.5. The molecule has 2 aliphatic rings. The Hall–Kier alpha value is -3.73. The zero-order valence-electron chi connectivity index (χ0n) is 18.0. The van der Waals surface area contributed by atoms with Crippen LogP contribution < -0.4 is 4.74 Å². The summed E-state index contributed by atoms with van der Waals surface area (Å²) in [7, 11) is 0. The molecule has 170 valence electrons. The number of nitro benzene ring substituents is 1. The SMILES string of the molecule is CCCCC1=NN2C(=N)/C(=C/c3ccc(-c4ccc(OCC)cc4[N+](=O)[O-])o3)C(=O)N=C2S1. The average molecular weight is 468 g/mol. The van der Waals surface area contributed by atoms with E-state index >= 15 is 0 Å². The van der Waals surface area contributed by atoms with Gasteiger partial charge in [0.05, 0.1) is 28.7 Å². The van der Waals surface area contributed by atoms with E-state index in [4.69, 9.17) is 14.6 Å². The summed E-state index contributed by atoms with van der Waals surface area (Å²) in [5.74, 6) is 0.262. The Labute approximate surface area is 193 Å². The monoisotopic (exact) mass is 467 g/mol. The minimum atomic E-state index is -0.560. The predicted molar refractivity (Wildman–Crippen MR) is 127 cm³/mol. The van der Waals surface area contributed by atoms with Crippen LogP contribution in [-0.4, -0.2) is 38.5 Å². The van der Waals surface area contributed by atoms with Gasteiger partial charge in [-0.05, 0) is 61.9 Å². The van der Waals surface area contributed by atoms with E-state index < -0.39 is 10.8 Å². The van der Waals surface area contributed by atoms with Crippen molar-refractivity contribution in [1.29, 1.82) is 5.41 Å². The maximum atomic E-state index is 12.6. The van der Waals surface area contributed by atoms with Gasteiger partial charge in [-0.2, -0.15) is 15.1 Å². The molecule has 1 N–H and O–H groups in total. The number of nitrogens with one attached hydrogen (secondary N) is 1. The Bertz CT molecular complexity index is 1230. The number of amides is 1. The Morgan fingerprint density at radius 2 is 2.12 bits per heavy atom. The summed E-state index contributed by atoms with van der Waals surface area (Å²) < 4.78 is 11.1. The van der Waals surface area contributed by atoms with Crippen LogP contribution in [0.2, 0.25) is 0 Å². The number of aliphatic imine (C=N–C) groups is 1. The van der Waals surface area contributed by atoms with E-state index in [1.807, 2.05) is 0 Å². The number of amidine groups is 2. The van der Waals surface area contributed by atoms with E-state index in [-0.39, 0.29) is 34.2 Å². The minimum Gasteiger partial charge on any atom is -0.494 e. The van der Waals surface area contributed by atoms with Crippen molar-refractivity contribution >= 4 is 45.5 Å². The van der Waals surface area contributed by atoms with Gasteiger partial charge in [0.25, 0.3) is 11.6 Å². The summed E-state index contributed by atoms with van der Waals surface area (Å²) in [6.07, 6.45) is 4.14. The summed E-state index contributed by atoms with van der Waals surface area (Å²) in [6, 6.07) is 7.68. The largest absolute Gasteiger partial charge is 0.494 e. The summed E-state index contributed by atoms with van der Waals surface area (Å²) >= 11 is 1.30. The number of carbonyl (C=O) groups is 1. The van der Waals surface area contributed by atoms with Crippen LogP contribution in [0, 0.1) is 15.5 Å². The molecule has 4 rings (SSSR count). The summed E-state index contributed by atoms with van der Waals surface area (Å²) in [6.45, 7) is 4.26. The lowest BCUT2D eigenvalue weighted by Gasteiger charge is -2.19. The number of thioether (sulfide) groups is 1. The molecule has 3 heterocycles. The molecule has 10 nitrogen and oxygen atoms in total. The zero-order chi connectivity index (χ0) is 23.5. The van der Waals surface area contributed by atoms with Crippen molar-refractivity contribution in [2.45, 2.75) is 33.1 Å². The van der Waals surface area contributed by atoms with Gasteiger partial charge in [-0.3, -0.25) is 20.3 Å². The number of benzene rings is 1. The molecule has 0 bridgehead atoms. The highest BCUT2D eigenvalue weighted by atomic mass is 32.2. The maximum Gasteiger partial charge on any atom is 0.284 e. The molecular formula is C22H21N5O5S. The van der Waals surface area contributed by atoms with Gasteiger partial charge < -0.3 is 9.15 Å². The molecule has 0 aliphatic carbocycles. The second-order valence-electron chi connectivity index (χ2n) is 7.19. The first-order chi connectivity index (χ1) is 15.9. The standard InChI is InChI=1S/C22H21N5O5S/c1-3-5-6-19-25-26-20(23)16(21(28)24-22(26)33-19)11-14-8-10-18(32-14)15-9-7-13(31-4-2)12-17(15)27(29)30/h7-12,23H,3-6H2,1-2H3/b16-11-,23-20?. The van der Waals surface area contributed by atoms with Crippen LogP contribution in [-0.2, 0) is 4.79 Å². The smallest absolute Gasteiger partial charge is 0.284 e. The Morgan fingerprint density at radius 3 is 2.85 bits per heavy atom. The molecule has 2 aliphatic heterocycles. The molecule has 11 heteroatoms. The fourth-order valence-corrected chi connectivity index (χ4v) is 4.23. The predicted octanol–water partition coefficient (Wildman–Crippen LogP) is 5.06. The molecule has 0 fully saturated rings. The van der Waals surface area contributed by atoms with Crippen LogP contribution in [0.4, 0.5) is 5.69 Å². The van der Waals surface area contributed by atoms with E-state index in [9.17, 15) is 14.9 Å². The van der Waals surface area contributed by atoms with Crippen LogP contribution >= 0.6 is 11.8 Å². The number of ether oxygens (including phenoxy) is 1. The third-order valence-electron chi connectivity index (χ3n) is 4.90. The van der Waals surface area contributed by atoms with E-state index in [0.717, 1.165) is 24.3 Å². The fraction of sp³-hybridized carbons (Fsp3) is 0.273. The average Bonchev–Trinajstić information content (AvgIpc) is 3.42.